The number of anilines is 1. The molecule has 0 unspecified atom stereocenters. The lowest BCUT2D eigenvalue weighted by molar-refractivity contribution is -0.115. The first-order valence-corrected chi connectivity index (χ1v) is 7.84. The van der Waals surface area contributed by atoms with Crippen molar-refractivity contribution in [2.45, 2.75) is 12.2 Å². The second kappa shape index (κ2) is 7.51. The van der Waals surface area contributed by atoms with Crippen LogP contribution in [0.5, 0.6) is 0 Å². The second-order valence-electron chi connectivity index (χ2n) is 4.41. The highest BCUT2D eigenvalue weighted by Crippen LogP contribution is 2.13. The van der Waals surface area contributed by atoms with Crippen LogP contribution in [0.25, 0.3) is 0 Å². The summed E-state index contributed by atoms with van der Waals surface area (Å²) >= 11 is 1.52. The van der Waals surface area contributed by atoms with Gasteiger partial charge in [-0.2, -0.15) is 11.8 Å². The maximum Gasteiger partial charge on any atom is 0.237 e. The zero-order chi connectivity index (χ0) is 15.1. The Morgan fingerprint density at radius 2 is 2.10 bits per heavy atom. The molecule has 1 aromatic heterocycles. The van der Waals surface area contributed by atoms with Gasteiger partial charge in [-0.3, -0.25) is 4.79 Å². The molecular weight excluding hydrogens is 280 g/mol. The van der Waals surface area contributed by atoms with Gasteiger partial charge in [0, 0.05) is 17.4 Å². The molecule has 3 nitrogen and oxygen atoms in total. The standard InChI is InChI=1S/C17H16N2OS/c1-13(21-2)17(20)19-16-8-5-6-14(12-16)9-10-15-7-3-4-11-18-15/h3-8,11-13H,1-2H3,(H,19,20)/t13-/m1/s1. The van der Waals surface area contributed by atoms with E-state index in [4.69, 9.17) is 0 Å². The molecule has 0 radical (unpaired) electrons. The molecule has 0 aliphatic carbocycles. The number of hydrogen-bond acceptors (Lipinski definition) is 3. The van der Waals surface area contributed by atoms with Crippen molar-refractivity contribution in [3.63, 3.8) is 0 Å². The molecule has 1 aromatic carbocycles. The molecule has 21 heavy (non-hydrogen) atoms. The van der Waals surface area contributed by atoms with Crippen molar-refractivity contribution in [3.8, 4) is 11.8 Å². The lowest BCUT2D eigenvalue weighted by Crippen LogP contribution is -2.22. The molecule has 1 heterocycles. The number of benzene rings is 1. The molecule has 4 heteroatoms. The van der Waals surface area contributed by atoms with Crippen LogP contribution >= 0.6 is 11.8 Å². The highest BCUT2D eigenvalue weighted by atomic mass is 32.2. The number of thioether (sulfide) groups is 1. The summed E-state index contributed by atoms with van der Waals surface area (Å²) < 4.78 is 0. The minimum Gasteiger partial charge on any atom is -0.325 e. The normalized spacial score (nSPS) is 11.1. The van der Waals surface area contributed by atoms with Crippen LogP contribution in [0.3, 0.4) is 0 Å². The van der Waals surface area contributed by atoms with E-state index >= 15 is 0 Å². The Morgan fingerprint density at radius 3 is 2.81 bits per heavy atom. The third-order valence-corrected chi connectivity index (χ3v) is 3.77. The number of rotatable bonds is 3. The number of aromatic nitrogens is 1. The Morgan fingerprint density at radius 1 is 1.24 bits per heavy atom. The monoisotopic (exact) mass is 296 g/mol. The van der Waals surface area contributed by atoms with Gasteiger partial charge < -0.3 is 5.32 Å². The summed E-state index contributed by atoms with van der Waals surface area (Å²) in [5.41, 5.74) is 2.33. The Balaban J connectivity index is 2.12. The van der Waals surface area contributed by atoms with Gasteiger partial charge in [0.25, 0.3) is 0 Å². The second-order valence-corrected chi connectivity index (χ2v) is 5.59. The zero-order valence-corrected chi connectivity index (χ0v) is 12.8. The molecule has 1 atom stereocenters. The highest BCUT2D eigenvalue weighted by molar-refractivity contribution is 7.99. The molecule has 1 amide bonds. The summed E-state index contributed by atoms with van der Waals surface area (Å²) in [4.78, 5) is 16.0. The number of pyridine rings is 1. The smallest absolute Gasteiger partial charge is 0.237 e. The van der Waals surface area contributed by atoms with Gasteiger partial charge in [-0.25, -0.2) is 4.98 Å². The summed E-state index contributed by atoms with van der Waals surface area (Å²) in [5.74, 6) is 6.04. The van der Waals surface area contributed by atoms with Crippen LogP contribution in [0.15, 0.2) is 48.7 Å². The van der Waals surface area contributed by atoms with Crippen LogP contribution in [0.1, 0.15) is 18.2 Å². The average molecular weight is 296 g/mol. The molecule has 0 saturated carbocycles. The highest BCUT2D eigenvalue weighted by Gasteiger charge is 2.10. The summed E-state index contributed by atoms with van der Waals surface area (Å²) in [6, 6.07) is 13.1. The molecule has 0 aliphatic rings. The van der Waals surface area contributed by atoms with Crippen molar-refractivity contribution in [3.05, 3.63) is 59.9 Å². The van der Waals surface area contributed by atoms with Crippen LogP contribution in [-0.4, -0.2) is 22.4 Å². The molecule has 0 aliphatic heterocycles. The van der Waals surface area contributed by atoms with Gasteiger partial charge in [-0.05, 0) is 49.4 Å². The van der Waals surface area contributed by atoms with E-state index in [1.54, 1.807) is 6.20 Å². The van der Waals surface area contributed by atoms with E-state index in [1.807, 2.05) is 55.6 Å². The van der Waals surface area contributed by atoms with E-state index in [0.29, 0.717) is 0 Å². The third kappa shape index (κ3) is 4.66. The van der Waals surface area contributed by atoms with Gasteiger partial charge in [0.15, 0.2) is 0 Å². The van der Waals surface area contributed by atoms with Gasteiger partial charge in [0.2, 0.25) is 5.91 Å². The molecule has 2 aromatic rings. The summed E-state index contributed by atoms with van der Waals surface area (Å²) in [7, 11) is 0. The largest absolute Gasteiger partial charge is 0.325 e. The Kier molecular flexibility index (Phi) is 5.42. The maximum absolute atomic E-state index is 11.9. The number of amides is 1. The molecule has 0 bridgehead atoms. The first-order chi connectivity index (χ1) is 10.2. The van der Waals surface area contributed by atoms with Crippen LogP contribution < -0.4 is 5.32 Å². The molecular formula is C17H16N2OS. The number of carbonyl (C=O) groups is 1. The van der Waals surface area contributed by atoms with Crippen molar-refractivity contribution < 1.29 is 4.79 Å². The fraction of sp³-hybridized carbons (Fsp3) is 0.176. The minimum atomic E-state index is -0.0757. The molecule has 2 rings (SSSR count). The first-order valence-electron chi connectivity index (χ1n) is 6.56. The van der Waals surface area contributed by atoms with Crippen LogP contribution in [0, 0.1) is 11.8 Å². The summed E-state index contributed by atoms with van der Waals surface area (Å²) in [6.45, 7) is 1.88. The zero-order valence-electron chi connectivity index (χ0n) is 12.0. The molecule has 106 valence electrons. The van der Waals surface area contributed by atoms with E-state index in [9.17, 15) is 4.79 Å². The number of hydrogen-bond donors (Lipinski definition) is 1. The maximum atomic E-state index is 11.9. The summed E-state index contributed by atoms with van der Waals surface area (Å²) in [6.07, 6.45) is 3.63. The fourth-order valence-electron chi connectivity index (χ4n) is 1.60. The van der Waals surface area contributed by atoms with E-state index in [1.165, 1.54) is 11.8 Å². The van der Waals surface area contributed by atoms with Gasteiger partial charge in [0.1, 0.15) is 5.69 Å². The average Bonchev–Trinajstić information content (AvgIpc) is 2.53. The van der Waals surface area contributed by atoms with Crippen LogP contribution in [0.4, 0.5) is 5.69 Å². The van der Waals surface area contributed by atoms with Crippen LogP contribution in [-0.2, 0) is 4.79 Å². The van der Waals surface area contributed by atoms with Crippen molar-refractivity contribution in [1.82, 2.24) is 4.98 Å². The van der Waals surface area contributed by atoms with Gasteiger partial charge in [-0.1, -0.05) is 18.1 Å². The quantitative estimate of drug-likeness (QED) is 0.885. The Bertz CT molecular complexity index is 674. The molecule has 1 N–H and O–H groups in total. The van der Waals surface area contributed by atoms with Crippen molar-refractivity contribution >= 4 is 23.4 Å². The predicted octanol–water partition coefficient (Wildman–Crippen LogP) is 3.17. The first kappa shape index (κ1) is 15.1. The Hall–Kier alpha value is -2.25. The van der Waals surface area contributed by atoms with Gasteiger partial charge >= 0.3 is 0 Å². The van der Waals surface area contributed by atoms with Crippen molar-refractivity contribution in [1.29, 1.82) is 0 Å². The van der Waals surface area contributed by atoms with E-state index < -0.39 is 0 Å². The molecule has 0 fully saturated rings. The predicted molar refractivity (Wildman–Crippen MR) is 88.3 cm³/mol. The van der Waals surface area contributed by atoms with Gasteiger partial charge in [-0.15, -0.1) is 0 Å². The third-order valence-electron chi connectivity index (χ3n) is 2.85. The van der Waals surface area contributed by atoms with E-state index in [0.717, 1.165) is 16.9 Å². The topological polar surface area (TPSA) is 42.0 Å². The number of carbonyl (C=O) groups excluding carboxylic acids is 1. The van der Waals surface area contributed by atoms with Gasteiger partial charge in [0.05, 0.1) is 5.25 Å². The lowest BCUT2D eigenvalue weighted by atomic mass is 10.2. The van der Waals surface area contributed by atoms with Crippen molar-refractivity contribution in [2.24, 2.45) is 0 Å². The number of nitrogens with zero attached hydrogens (tertiary/aromatic N) is 1. The fourth-order valence-corrected chi connectivity index (χ4v) is 1.87. The van der Waals surface area contributed by atoms with Crippen molar-refractivity contribution in [2.75, 3.05) is 11.6 Å². The molecule has 0 saturated heterocycles. The lowest BCUT2D eigenvalue weighted by Gasteiger charge is -2.09. The SMILES string of the molecule is CS[C@H](C)C(=O)Nc1cccc(C#Cc2ccccn2)c1. The molecule has 0 spiro atoms. The van der Waals surface area contributed by atoms with E-state index in [-0.39, 0.29) is 11.2 Å². The Labute approximate surface area is 129 Å². The number of nitrogens with one attached hydrogen (secondary N) is 1. The van der Waals surface area contributed by atoms with E-state index in [2.05, 4.69) is 22.1 Å². The minimum absolute atomic E-state index is 0.00247. The summed E-state index contributed by atoms with van der Waals surface area (Å²) in [5, 5.41) is 2.81. The van der Waals surface area contributed by atoms with Crippen LogP contribution in [0.2, 0.25) is 0 Å².